The molecule has 0 radical (unpaired) electrons. The Morgan fingerprint density at radius 1 is 1.62 bits per heavy atom. The van der Waals surface area contributed by atoms with Crippen LogP contribution in [0.5, 0.6) is 0 Å². The van der Waals surface area contributed by atoms with Gasteiger partial charge in [-0.1, -0.05) is 0 Å². The van der Waals surface area contributed by atoms with Crippen LogP contribution < -0.4 is 11.0 Å². The molecule has 0 aliphatic rings. The summed E-state index contributed by atoms with van der Waals surface area (Å²) in [7, 11) is 0. The summed E-state index contributed by atoms with van der Waals surface area (Å²) in [4.78, 5) is 17.7. The fourth-order valence-corrected chi connectivity index (χ4v) is 1.76. The Labute approximate surface area is 95.9 Å². The highest BCUT2D eigenvalue weighted by Gasteiger charge is 1.94. The summed E-state index contributed by atoms with van der Waals surface area (Å²) in [6.07, 6.45) is 1.67. The van der Waals surface area contributed by atoms with E-state index in [9.17, 15) is 4.79 Å². The van der Waals surface area contributed by atoms with Crippen molar-refractivity contribution in [1.82, 2.24) is 9.97 Å². The highest BCUT2D eigenvalue weighted by molar-refractivity contribution is 7.08. The van der Waals surface area contributed by atoms with Gasteiger partial charge in [0, 0.05) is 17.3 Å². The summed E-state index contributed by atoms with van der Waals surface area (Å²) >= 11 is 1.60. The molecule has 2 rings (SSSR count). The average molecular weight is 234 g/mol. The Morgan fingerprint density at radius 2 is 2.50 bits per heavy atom. The van der Waals surface area contributed by atoms with Crippen LogP contribution in [-0.4, -0.2) is 16.2 Å². The Hall–Kier alpha value is -1.95. The van der Waals surface area contributed by atoms with Crippen LogP contribution in [0.15, 0.2) is 32.8 Å². The molecule has 0 atom stereocenters. The maximum atomic E-state index is 11.1. The minimum absolute atomic E-state index is 0.194. The molecule has 0 aliphatic carbocycles. The minimum atomic E-state index is -0.194. The number of aromatic amines is 1. The highest BCUT2D eigenvalue weighted by atomic mass is 32.1. The molecule has 5 nitrogen and oxygen atoms in total. The Morgan fingerprint density at radius 3 is 3.19 bits per heavy atom. The number of hydrazone groups is 1. The van der Waals surface area contributed by atoms with Gasteiger partial charge < -0.3 is 0 Å². The number of anilines is 1. The van der Waals surface area contributed by atoms with Gasteiger partial charge in [-0.15, -0.1) is 0 Å². The lowest BCUT2D eigenvalue weighted by atomic mass is 10.4. The van der Waals surface area contributed by atoms with Gasteiger partial charge in [0.15, 0.2) is 0 Å². The van der Waals surface area contributed by atoms with Gasteiger partial charge in [0.25, 0.3) is 5.56 Å². The summed E-state index contributed by atoms with van der Waals surface area (Å²) in [6.45, 7) is 1.75. The number of aryl methyl sites for hydroxylation is 1. The lowest BCUT2D eigenvalue weighted by Crippen LogP contribution is -2.10. The molecule has 0 unspecified atom stereocenters. The van der Waals surface area contributed by atoms with Crippen LogP contribution in [0.4, 0.5) is 5.95 Å². The predicted octanol–water partition coefficient (Wildman–Crippen LogP) is 1.59. The van der Waals surface area contributed by atoms with Gasteiger partial charge in [-0.05, 0) is 23.8 Å². The van der Waals surface area contributed by atoms with E-state index in [1.165, 1.54) is 6.07 Å². The van der Waals surface area contributed by atoms with E-state index in [0.29, 0.717) is 11.6 Å². The maximum Gasteiger partial charge on any atom is 0.252 e. The maximum absolute atomic E-state index is 11.1. The summed E-state index contributed by atoms with van der Waals surface area (Å²) < 4.78 is 0. The summed E-state index contributed by atoms with van der Waals surface area (Å²) in [5.41, 5.74) is 4.14. The first-order valence-electron chi connectivity index (χ1n) is 4.63. The van der Waals surface area contributed by atoms with Gasteiger partial charge in [0.05, 0.1) is 6.21 Å². The van der Waals surface area contributed by atoms with E-state index in [-0.39, 0.29) is 5.56 Å². The summed E-state index contributed by atoms with van der Waals surface area (Å²) in [6, 6.07) is 3.37. The topological polar surface area (TPSA) is 70.1 Å². The van der Waals surface area contributed by atoms with Gasteiger partial charge >= 0.3 is 0 Å². The molecule has 0 spiro atoms. The third kappa shape index (κ3) is 2.77. The minimum Gasteiger partial charge on any atom is -0.291 e. The van der Waals surface area contributed by atoms with Gasteiger partial charge in [-0.2, -0.15) is 16.4 Å². The number of nitrogens with zero attached hydrogens (tertiary/aromatic N) is 2. The zero-order chi connectivity index (χ0) is 11.4. The van der Waals surface area contributed by atoms with Crippen LogP contribution in [0.25, 0.3) is 0 Å². The molecular weight excluding hydrogens is 224 g/mol. The standard InChI is InChI=1S/C10H10N4OS/c1-7-4-9(15)13-10(12-7)14-11-5-8-2-3-16-6-8/h2-6H,1H3,(H2,12,13,14,15)/b11-5-. The summed E-state index contributed by atoms with van der Waals surface area (Å²) in [5.74, 6) is 0.344. The van der Waals surface area contributed by atoms with Crippen molar-refractivity contribution in [3.63, 3.8) is 0 Å². The van der Waals surface area contributed by atoms with Crippen molar-refractivity contribution in [2.24, 2.45) is 5.10 Å². The third-order valence-electron chi connectivity index (χ3n) is 1.80. The number of rotatable bonds is 3. The van der Waals surface area contributed by atoms with Crippen LogP contribution in [-0.2, 0) is 0 Å². The lowest BCUT2D eigenvalue weighted by Gasteiger charge is -1.98. The number of hydrogen-bond donors (Lipinski definition) is 2. The largest absolute Gasteiger partial charge is 0.291 e. The molecule has 0 saturated heterocycles. The van der Waals surface area contributed by atoms with Crippen molar-refractivity contribution < 1.29 is 0 Å². The first kappa shape index (κ1) is 10.6. The van der Waals surface area contributed by atoms with Crippen molar-refractivity contribution in [2.45, 2.75) is 6.92 Å². The van der Waals surface area contributed by atoms with E-state index in [2.05, 4.69) is 20.5 Å². The second-order valence-electron chi connectivity index (χ2n) is 3.16. The molecule has 0 fully saturated rings. The molecule has 82 valence electrons. The number of aromatic nitrogens is 2. The monoisotopic (exact) mass is 234 g/mol. The molecule has 0 saturated carbocycles. The van der Waals surface area contributed by atoms with Crippen molar-refractivity contribution in [2.75, 3.05) is 5.43 Å². The molecule has 2 heterocycles. The number of nitrogens with one attached hydrogen (secondary N) is 2. The van der Waals surface area contributed by atoms with Crippen molar-refractivity contribution in [3.8, 4) is 0 Å². The van der Waals surface area contributed by atoms with Crippen LogP contribution in [0.3, 0.4) is 0 Å². The fourth-order valence-electron chi connectivity index (χ4n) is 1.15. The van der Waals surface area contributed by atoms with E-state index in [4.69, 9.17) is 0 Å². The SMILES string of the molecule is Cc1cc(=O)[nH]c(N/N=C\c2ccsc2)n1. The first-order chi connectivity index (χ1) is 7.74. The van der Waals surface area contributed by atoms with Crippen molar-refractivity contribution in [3.05, 3.63) is 44.5 Å². The second-order valence-corrected chi connectivity index (χ2v) is 3.94. The number of thiophene rings is 1. The smallest absolute Gasteiger partial charge is 0.252 e. The zero-order valence-corrected chi connectivity index (χ0v) is 9.41. The fraction of sp³-hybridized carbons (Fsp3) is 0.100. The Balaban J connectivity index is 2.07. The Bertz CT molecular complexity index is 544. The van der Waals surface area contributed by atoms with Gasteiger partial charge in [-0.3, -0.25) is 9.78 Å². The third-order valence-corrected chi connectivity index (χ3v) is 2.50. The first-order valence-corrected chi connectivity index (χ1v) is 5.57. The molecular formula is C10H10N4OS. The van der Waals surface area contributed by atoms with Gasteiger partial charge in [0.2, 0.25) is 5.95 Å². The van der Waals surface area contributed by atoms with Crippen LogP contribution in [0.1, 0.15) is 11.3 Å². The molecule has 6 heteroatoms. The molecule has 0 aromatic carbocycles. The Kier molecular flexibility index (Phi) is 3.11. The van der Waals surface area contributed by atoms with E-state index in [0.717, 1.165) is 5.56 Å². The second kappa shape index (κ2) is 4.71. The van der Waals surface area contributed by atoms with Crippen molar-refractivity contribution in [1.29, 1.82) is 0 Å². The molecule has 0 aliphatic heterocycles. The molecule has 2 aromatic rings. The normalized spacial score (nSPS) is 10.8. The molecule has 2 N–H and O–H groups in total. The van der Waals surface area contributed by atoms with E-state index >= 15 is 0 Å². The van der Waals surface area contributed by atoms with Gasteiger partial charge in [0.1, 0.15) is 0 Å². The molecule has 0 bridgehead atoms. The predicted molar refractivity (Wildman–Crippen MR) is 65.1 cm³/mol. The molecule has 0 amide bonds. The zero-order valence-electron chi connectivity index (χ0n) is 8.60. The molecule has 16 heavy (non-hydrogen) atoms. The highest BCUT2D eigenvalue weighted by Crippen LogP contribution is 2.02. The number of hydrogen-bond acceptors (Lipinski definition) is 5. The van der Waals surface area contributed by atoms with Crippen LogP contribution in [0.2, 0.25) is 0 Å². The quantitative estimate of drug-likeness (QED) is 0.625. The van der Waals surface area contributed by atoms with Gasteiger partial charge in [-0.25, -0.2) is 10.4 Å². The van der Waals surface area contributed by atoms with Crippen LogP contribution in [0, 0.1) is 6.92 Å². The van der Waals surface area contributed by atoms with E-state index < -0.39 is 0 Å². The lowest BCUT2D eigenvalue weighted by molar-refractivity contribution is 1.04. The molecule has 2 aromatic heterocycles. The van der Waals surface area contributed by atoms with Crippen molar-refractivity contribution >= 4 is 23.5 Å². The van der Waals surface area contributed by atoms with E-state index in [1.807, 2.05) is 16.8 Å². The van der Waals surface area contributed by atoms with Crippen LogP contribution >= 0.6 is 11.3 Å². The summed E-state index contributed by atoms with van der Waals surface area (Å²) in [5, 5.41) is 7.90. The van der Waals surface area contributed by atoms with E-state index in [1.54, 1.807) is 24.5 Å². The average Bonchev–Trinajstić information content (AvgIpc) is 2.69. The number of H-pyrrole nitrogens is 1.